The standard InChI is InChI=1S/C15H17NO3P/c1-13(2)16-20(17,18-14-9-5-3-6-10-14)19-15-11-7-4-8-12-15/h3-13H,1H2,2H3,(H,16,17)/q-1/p+1/t13-/m1/s1. The third-order valence-corrected chi connectivity index (χ3v) is 3.98. The third-order valence-electron chi connectivity index (χ3n) is 2.32. The molecule has 20 heavy (non-hydrogen) atoms. The van der Waals surface area contributed by atoms with Crippen molar-refractivity contribution in [2.45, 2.75) is 13.0 Å². The lowest BCUT2D eigenvalue weighted by Gasteiger charge is -2.24. The lowest BCUT2D eigenvalue weighted by Crippen LogP contribution is -2.25. The van der Waals surface area contributed by atoms with Gasteiger partial charge in [-0.3, -0.25) is 0 Å². The molecule has 5 heteroatoms. The molecule has 1 atom stereocenters. The number of para-hydroxylation sites is 2. The smallest absolute Gasteiger partial charge is 0.405 e. The summed E-state index contributed by atoms with van der Waals surface area (Å²) in [5.41, 5.74) is 0. The Hall–Kier alpha value is -1.77. The van der Waals surface area contributed by atoms with Crippen molar-refractivity contribution in [1.29, 1.82) is 0 Å². The van der Waals surface area contributed by atoms with Gasteiger partial charge in [0.1, 0.15) is 11.5 Å². The van der Waals surface area contributed by atoms with Crippen molar-refractivity contribution < 1.29 is 15.0 Å². The van der Waals surface area contributed by atoms with Crippen LogP contribution in [0.4, 0.5) is 0 Å². The molecule has 106 valence electrons. The third kappa shape index (κ3) is 4.41. The summed E-state index contributed by atoms with van der Waals surface area (Å²) in [6.45, 7) is 5.54. The van der Waals surface area contributed by atoms with Crippen molar-refractivity contribution in [2.75, 3.05) is 0 Å². The van der Waals surface area contributed by atoms with E-state index in [2.05, 4.69) is 12.0 Å². The second-order valence-electron chi connectivity index (χ2n) is 4.34. The van der Waals surface area contributed by atoms with Gasteiger partial charge in [-0.1, -0.05) is 43.3 Å². The number of hydrogen-bond donors (Lipinski definition) is 1. The zero-order valence-electron chi connectivity index (χ0n) is 12.2. The molecule has 0 bridgehead atoms. The minimum atomic E-state index is -3.53. The zero-order chi connectivity index (χ0) is 14.4. The summed E-state index contributed by atoms with van der Waals surface area (Å²) in [4.78, 5) is 0. The summed E-state index contributed by atoms with van der Waals surface area (Å²) in [5, 5.41) is 2.75. The van der Waals surface area contributed by atoms with Crippen LogP contribution in [0.1, 0.15) is 8.35 Å². The van der Waals surface area contributed by atoms with Crippen LogP contribution in [0, 0.1) is 6.92 Å². The van der Waals surface area contributed by atoms with Crippen LogP contribution in [0.2, 0.25) is 0 Å². The van der Waals surface area contributed by atoms with Crippen LogP contribution in [-0.4, -0.2) is 6.04 Å². The number of rotatable bonds is 6. The van der Waals surface area contributed by atoms with Crippen molar-refractivity contribution in [3.63, 3.8) is 0 Å². The first kappa shape index (κ1) is 14.6. The average molecular weight is 291 g/mol. The van der Waals surface area contributed by atoms with E-state index in [1.807, 2.05) is 12.1 Å². The van der Waals surface area contributed by atoms with Crippen molar-refractivity contribution in [1.82, 2.24) is 5.09 Å². The van der Waals surface area contributed by atoms with Gasteiger partial charge in [-0.2, -0.15) is 0 Å². The first-order valence-electron chi connectivity index (χ1n) is 6.28. The van der Waals surface area contributed by atoms with Gasteiger partial charge in [0.2, 0.25) is 0 Å². The van der Waals surface area contributed by atoms with E-state index in [1.54, 1.807) is 55.5 Å². The second kappa shape index (κ2) is 6.60. The summed E-state index contributed by atoms with van der Waals surface area (Å²) in [7, 11) is -3.53. The maximum atomic E-state index is 12.8. The molecule has 4 nitrogen and oxygen atoms in total. The van der Waals surface area contributed by atoms with Gasteiger partial charge < -0.3 is 16.0 Å². The molecule has 0 aromatic heterocycles. The van der Waals surface area contributed by atoms with Crippen molar-refractivity contribution in [3.8, 4) is 11.5 Å². The molecule has 0 amide bonds. The number of hydrogen-bond acceptors (Lipinski definition) is 3. The molecule has 0 unspecified atom stereocenters. The predicted octanol–water partition coefficient (Wildman–Crippen LogP) is 4.18. The molecule has 0 spiro atoms. The zero-order valence-corrected chi connectivity index (χ0v) is 12.1. The molecule has 1 N–H and O–H groups in total. The van der Waals surface area contributed by atoms with Gasteiger partial charge in [0.05, 0.1) is 0 Å². The summed E-state index contributed by atoms with van der Waals surface area (Å²) in [5.74, 6) is 0.944. The summed E-state index contributed by atoms with van der Waals surface area (Å²) >= 11 is 0. The van der Waals surface area contributed by atoms with E-state index >= 15 is 0 Å². The summed E-state index contributed by atoms with van der Waals surface area (Å²) < 4.78 is 23.8. The van der Waals surface area contributed by atoms with Gasteiger partial charge in [0.15, 0.2) is 0 Å². The van der Waals surface area contributed by atoms with Crippen LogP contribution >= 0.6 is 7.75 Å². The minimum absolute atomic E-state index is 0. The van der Waals surface area contributed by atoms with E-state index < -0.39 is 7.75 Å². The second-order valence-corrected chi connectivity index (χ2v) is 5.95. The topological polar surface area (TPSA) is 47.6 Å². The van der Waals surface area contributed by atoms with Crippen LogP contribution in [0.25, 0.3) is 0 Å². The predicted molar refractivity (Wildman–Crippen MR) is 80.8 cm³/mol. The molecule has 0 radical (unpaired) electrons. The number of benzene rings is 2. The van der Waals surface area contributed by atoms with Crippen molar-refractivity contribution in [3.05, 3.63) is 67.6 Å². The fourth-order valence-electron chi connectivity index (χ4n) is 1.58. The molecule has 0 saturated heterocycles. The van der Waals surface area contributed by atoms with E-state index in [0.29, 0.717) is 11.5 Å². The first-order valence-corrected chi connectivity index (χ1v) is 7.82. The Bertz CT molecular complexity index is 532. The molecule has 0 fully saturated rings. The molecular weight excluding hydrogens is 273 g/mol. The Kier molecular flexibility index (Phi) is 4.83. The highest BCUT2D eigenvalue weighted by Crippen LogP contribution is 2.45. The van der Waals surface area contributed by atoms with E-state index in [-0.39, 0.29) is 7.47 Å². The molecule has 2 aromatic carbocycles. The molecule has 0 heterocycles. The number of nitrogens with one attached hydrogen (secondary N) is 1. The van der Waals surface area contributed by atoms with E-state index in [0.717, 1.165) is 0 Å². The fourth-order valence-corrected chi connectivity index (χ4v) is 3.06. The van der Waals surface area contributed by atoms with Crippen LogP contribution in [0.3, 0.4) is 0 Å². The Labute approximate surface area is 120 Å². The van der Waals surface area contributed by atoms with Crippen LogP contribution in [0.15, 0.2) is 60.7 Å². The molecule has 0 aliphatic heterocycles. The Morgan fingerprint density at radius 1 is 1.00 bits per heavy atom. The maximum absolute atomic E-state index is 12.8. The lowest BCUT2D eigenvalue weighted by atomic mass is 10.3. The lowest BCUT2D eigenvalue weighted by molar-refractivity contribution is 0.367. The molecule has 0 saturated carbocycles. The summed E-state index contributed by atoms with van der Waals surface area (Å²) in [6.07, 6.45) is 0. The van der Waals surface area contributed by atoms with Crippen LogP contribution in [-0.2, 0) is 4.57 Å². The molecule has 0 aliphatic rings. The highest BCUT2D eigenvalue weighted by atomic mass is 31.2. The molecule has 2 rings (SSSR count). The maximum Gasteiger partial charge on any atom is 1.00 e. The van der Waals surface area contributed by atoms with Gasteiger partial charge in [-0.25, -0.2) is 9.65 Å². The Morgan fingerprint density at radius 2 is 1.40 bits per heavy atom. The van der Waals surface area contributed by atoms with E-state index in [1.165, 1.54) is 0 Å². The van der Waals surface area contributed by atoms with E-state index in [4.69, 9.17) is 9.05 Å². The highest BCUT2D eigenvalue weighted by Gasteiger charge is 2.27. The van der Waals surface area contributed by atoms with Gasteiger partial charge in [-0.05, 0) is 24.3 Å². The van der Waals surface area contributed by atoms with Gasteiger partial charge in [0, 0.05) is 0 Å². The van der Waals surface area contributed by atoms with Crippen LogP contribution < -0.4 is 14.1 Å². The minimum Gasteiger partial charge on any atom is -0.405 e. The SMILES string of the molecule is [CH2-][C@H](C)NP(=O)(Oc1ccccc1)Oc1ccccc1.[H+]. The molecule has 2 aromatic rings. The average Bonchev–Trinajstić information content (AvgIpc) is 2.39. The van der Waals surface area contributed by atoms with E-state index in [9.17, 15) is 4.57 Å². The van der Waals surface area contributed by atoms with Crippen molar-refractivity contribution >= 4 is 7.75 Å². The quantitative estimate of drug-likeness (QED) is 0.640. The van der Waals surface area contributed by atoms with Crippen LogP contribution in [0.5, 0.6) is 11.5 Å². The Balaban J connectivity index is 0.00000220. The summed E-state index contributed by atoms with van der Waals surface area (Å²) in [6, 6.07) is 17.5. The van der Waals surface area contributed by atoms with Gasteiger partial charge in [0.25, 0.3) is 0 Å². The monoisotopic (exact) mass is 291 g/mol. The first-order chi connectivity index (χ1) is 9.57. The fraction of sp³-hybridized carbons (Fsp3) is 0.133. The van der Waals surface area contributed by atoms with Crippen molar-refractivity contribution in [2.24, 2.45) is 0 Å². The van der Waals surface area contributed by atoms with Gasteiger partial charge >= 0.3 is 9.17 Å². The normalized spacial score (nSPS) is 12.7. The largest absolute Gasteiger partial charge is 1.00 e. The highest BCUT2D eigenvalue weighted by molar-refractivity contribution is 7.52. The van der Waals surface area contributed by atoms with Gasteiger partial charge in [-0.15, -0.1) is 6.04 Å². The Morgan fingerprint density at radius 3 is 1.75 bits per heavy atom. The molecular formula is C15H18NO3P. The molecule has 0 aliphatic carbocycles.